The highest BCUT2D eigenvalue weighted by molar-refractivity contribution is 6.31. The van der Waals surface area contributed by atoms with E-state index in [0.717, 1.165) is 0 Å². The summed E-state index contributed by atoms with van der Waals surface area (Å²) in [6.45, 7) is 1.27. The number of halogens is 2. The number of hydrogen-bond donors (Lipinski definition) is 3. The van der Waals surface area contributed by atoms with Crippen molar-refractivity contribution in [3.8, 4) is 0 Å². The molecule has 1 aliphatic rings. The van der Waals surface area contributed by atoms with Gasteiger partial charge in [-0.2, -0.15) is 0 Å². The molecule has 0 spiro atoms. The minimum atomic E-state index is -2.36. The van der Waals surface area contributed by atoms with E-state index in [9.17, 15) is 23.9 Å². The van der Waals surface area contributed by atoms with Gasteiger partial charge in [-0.05, 0) is 23.8 Å². The number of ether oxygens (including phenoxy) is 1. The Morgan fingerprint density at radius 3 is 2.80 bits per heavy atom. The van der Waals surface area contributed by atoms with Crippen LogP contribution in [-0.2, 0) is 20.9 Å². The number of anilines is 2. The minimum absolute atomic E-state index is 0.0828. The van der Waals surface area contributed by atoms with Gasteiger partial charge in [0.15, 0.2) is 0 Å². The van der Waals surface area contributed by atoms with Gasteiger partial charge in [-0.1, -0.05) is 23.7 Å². The van der Waals surface area contributed by atoms with E-state index in [2.05, 4.69) is 15.6 Å². The van der Waals surface area contributed by atoms with Gasteiger partial charge >= 0.3 is 6.09 Å². The van der Waals surface area contributed by atoms with E-state index < -0.39 is 23.6 Å². The molecule has 1 aromatic carbocycles. The van der Waals surface area contributed by atoms with Crippen molar-refractivity contribution in [2.45, 2.75) is 25.7 Å². The Balaban J connectivity index is 1.61. The molecule has 0 aliphatic carbocycles. The van der Waals surface area contributed by atoms with Crippen molar-refractivity contribution in [1.29, 1.82) is 0 Å². The topological polar surface area (TPSA) is 121 Å². The zero-order valence-corrected chi connectivity index (χ0v) is 16.6. The van der Waals surface area contributed by atoms with Crippen molar-refractivity contribution in [3.63, 3.8) is 0 Å². The maximum Gasteiger partial charge on any atom is 0.410 e. The van der Waals surface area contributed by atoms with E-state index >= 15 is 0 Å². The van der Waals surface area contributed by atoms with Gasteiger partial charge in [0.1, 0.15) is 11.6 Å². The Kier molecular flexibility index (Phi) is 6.18. The lowest BCUT2D eigenvalue weighted by Crippen LogP contribution is -2.46. The average Bonchev–Trinajstić information content (AvgIpc) is 2.98. The molecule has 1 atom stereocenters. The average molecular weight is 437 g/mol. The van der Waals surface area contributed by atoms with Gasteiger partial charge in [-0.25, -0.2) is 14.2 Å². The van der Waals surface area contributed by atoms with Crippen LogP contribution in [0.4, 0.5) is 20.7 Å². The summed E-state index contributed by atoms with van der Waals surface area (Å²) >= 11 is 5.82. The Morgan fingerprint density at radius 2 is 2.13 bits per heavy atom. The highest BCUT2D eigenvalue weighted by atomic mass is 35.5. The van der Waals surface area contributed by atoms with Gasteiger partial charge in [0.2, 0.25) is 5.91 Å². The summed E-state index contributed by atoms with van der Waals surface area (Å²) < 4.78 is 18.4. The number of aliphatic hydroxyl groups is 1. The maximum atomic E-state index is 13.4. The van der Waals surface area contributed by atoms with Crippen LogP contribution in [0, 0.1) is 5.82 Å². The van der Waals surface area contributed by atoms with E-state index in [1.165, 1.54) is 48.4 Å². The van der Waals surface area contributed by atoms with E-state index in [1.807, 2.05) is 0 Å². The molecular weight excluding hydrogens is 419 g/mol. The zero-order chi connectivity index (χ0) is 21.9. The van der Waals surface area contributed by atoms with Gasteiger partial charge in [0.05, 0.1) is 16.9 Å². The standard InChI is InChI=1S/C19H18ClFN4O5/c1-11(26)24-15-6-5-13(10-22-15)25-8-7-19(29,17(25)27)30-18(28)23-9-12-3-2-4-14(21)16(12)20/h2-6,10,29H,7-9H2,1H3,(H,23,28)(H,22,24,26)/t19-/m0/s1. The number of nitrogens with zero attached hydrogens (tertiary/aromatic N) is 2. The van der Waals surface area contributed by atoms with Crippen LogP contribution in [0.5, 0.6) is 0 Å². The maximum absolute atomic E-state index is 13.4. The van der Waals surface area contributed by atoms with E-state index in [4.69, 9.17) is 16.3 Å². The molecule has 1 aromatic heterocycles. The third-order valence-electron chi connectivity index (χ3n) is 4.33. The smallest absolute Gasteiger partial charge is 0.407 e. The summed E-state index contributed by atoms with van der Waals surface area (Å²) in [5.74, 6) is -3.81. The number of pyridine rings is 1. The van der Waals surface area contributed by atoms with Crippen molar-refractivity contribution < 1.29 is 28.6 Å². The molecule has 2 heterocycles. The monoisotopic (exact) mass is 436 g/mol. The first-order valence-corrected chi connectivity index (χ1v) is 9.25. The van der Waals surface area contributed by atoms with E-state index in [-0.39, 0.29) is 30.4 Å². The molecule has 0 unspecified atom stereocenters. The molecule has 2 aromatic rings. The molecule has 1 saturated heterocycles. The predicted octanol–water partition coefficient (Wildman–Crippen LogP) is 2.18. The fourth-order valence-electron chi connectivity index (χ4n) is 2.87. The third kappa shape index (κ3) is 4.66. The van der Waals surface area contributed by atoms with Gasteiger partial charge in [0.25, 0.3) is 11.7 Å². The second-order valence-corrected chi connectivity index (χ2v) is 6.91. The van der Waals surface area contributed by atoms with Crippen LogP contribution in [0.15, 0.2) is 36.5 Å². The summed E-state index contributed by atoms with van der Waals surface area (Å²) in [6.07, 6.45) is 0.126. The fraction of sp³-hybridized carbons (Fsp3) is 0.263. The third-order valence-corrected chi connectivity index (χ3v) is 4.76. The van der Waals surface area contributed by atoms with E-state index in [0.29, 0.717) is 17.1 Å². The van der Waals surface area contributed by atoms with Crippen molar-refractivity contribution in [3.05, 3.63) is 52.9 Å². The molecule has 1 aliphatic heterocycles. The number of benzene rings is 1. The summed E-state index contributed by atoms with van der Waals surface area (Å²) in [5, 5.41) is 15.2. The Bertz CT molecular complexity index is 987. The minimum Gasteiger partial charge on any atom is -0.407 e. The first kappa shape index (κ1) is 21.5. The zero-order valence-electron chi connectivity index (χ0n) is 15.8. The van der Waals surface area contributed by atoms with Gasteiger partial charge in [-0.3, -0.25) is 9.59 Å². The van der Waals surface area contributed by atoms with Crippen molar-refractivity contribution in [2.24, 2.45) is 0 Å². The second-order valence-electron chi connectivity index (χ2n) is 6.53. The molecule has 158 valence electrons. The quantitative estimate of drug-likeness (QED) is 0.618. The number of hydrogen-bond acceptors (Lipinski definition) is 6. The molecule has 0 saturated carbocycles. The first-order chi connectivity index (χ1) is 14.2. The van der Waals surface area contributed by atoms with E-state index in [1.54, 1.807) is 0 Å². The Labute approximate surface area is 175 Å². The molecule has 0 bridgehead atoms. The molecule has 30 heavy (non-hydrogen) atoms. The number of carbonyl (C=O) groups is 3. The lowest BCUT2D eigenvalue weighted by molar-refractivity contribution is -0.175. The predicted molar refractivity (Wildman–Crippen MR) is 105 cm³/mol. The summed E-state index contributed by atoms with van der Waals surface area (Å²) in [5.41, 5.74) is 0.672. The number of alkyl carbamates (subject to hydrolysis) is 1. The molecule has 3 N–H and O–H groups in total. The molecular formula is C19H18ClFN4O5. The number of carbonyl (C=O) groups excluding carboxylic acids is 3. The van der Waals surface area contributed by atoms with Crippen LogP contribution >= 0.6 is 11.6 Å². The molecule has 3 amide bonds. The molecule has 9 nitrogen and oxygen atoms in total. The van der Waals surface area contributed by atoms with Gasteiger partial charge in [-0.15, -0.1) is 0 Å². The largest absolute Gasteiger partial charge is 0.410 e. The highest BCUT2D eigenvalue weighted by Crippen LogP contribution is 2.29. The Morgan fingerprint density at radius 1 is 1.37 bits per heavy atom. The van der Waals surface area contributed by atoms with Crippen LogP contribution in [0.3, 0.4) is 0 Å². The number of nitrogens with one attached hydrogen (secondary N) is 2. The fourth-order valence-corrected chi connectivity index (χ4v) is 3.06. The number of amides is 3. The SMILES string of the molecule is CC(=O)Nc1ccc(N2CC[C@](O)(OC(=O)NCc3cccc(F)c3Cl)C2=O)cn1. The summed E-state index contributed by atoms with van der Waals surface area (Å²) in [7, 11) is 0. The van der Waals surface area contributed by atoms with Crippen molar-refractivity contribution in [1.82, 2.24) is 10.3 Å². The highest BCUT2D eigenvalue weighted by Gasteiger charge is 2.49. The van der Waals surface area contributed by atoms with Gasteiger partial charge < -0.3 is 25.4 Å². The summed E-state index contributed by atoms with van der Waals surface area (Å²) in [6, 6.07) is 7.16. The molecule has 3 rings (SSSR count). The molecule has 11 heteroatoms. The Hall–Kier alpha value is -3.24. The van der Waals surface area contributed by atoms with Crippen LogP contribution in [0.25, 0.3) is 0 Å². The second kappa shape index (κ2) is 8.64. The number of rotatable bonds is 5. The van der Waals surface area contributed by atoms with Crippen molar-refractivity contribution >= 4 is 41.0 Å². The first-order valence-electron chi connectivity index (χ1n) is 8.87. The van der Waals surface area contributed by atoms with Crippen LogP contribution in [0.2, 0.25) is 5.02 Å². The lowest BCUT2D eigenvalue weighted by atomic mass is 10.2. The van der Waals surface area contributed by atoms with Crippen LogP contribution in [0.1, 0.15) is 18.9 Å². The lowest BCUT2D eigenvalue weighted by Gasteiger charge is -2.22. The van der Waals surface area contributed by atoms with Crippen molar-refractivity contribution in [2.75, 3.05) is 16.8 Å². The number of aromatic nitrogens is 1. The van der Waals surface area contributed by atoms with Crippen LogP contribution in [-0.4, -0.2) is 40.3 Å². The normalized spacial score (nSPS) is 18.3. The summed E-state index contributed by atoms with van der Waals surface area (Å²) in [4.78, 5) is 40.9. The van der Waals surface area contributed by atoms with Gasteiger partial charge in [0, 0.05) is 26.4 Å². The van der Waals surface area contributed by atoms with Crippen LogP contribution < -0.4 is 15.5 Å². The molecule has 1 fully saturated rings. The molecule has 0 radical (unpaired) electrons.